The number of nitrogens with zero attached hydrogens (tertiary/aromatic N) is 2. The van der Waals surface area contributed by atoms with Crippen molar-refractivity contribution in [2.45, 2.75) is 26.3 Å². The summed E-state index contributed by atoms with van der Waals surface area (Å²) in [5.41, 5.74) is 2.46. The second kappa shape index (κ2) is 6.95. The maximum absolute atomic E-state index is 5.11. The summed E-state index contributed by atoms with van der Waals surface area (Å²) in [7, 11) is 1.71. The molecule has 2 rings (SSSR count). The molecule has 1 heterocycles. The van der Waals surface area contributed by atoms with Gasteiger partial charge in [0.25, 0.3) is 0 Å². The molecule has 0 bridgehead atoms. The lowest BCUT2D eigenvalue weighted by atomic mass is 10.1. The van der Waals surface area contributed by atoms with E-state index in [2.05, 4.69) is 40.0 Å². The van der Waals surface area contributed by atoms with Crippen LogP contribution >= 0.6 is 0 Å². The molecule has 2 aromatic rings. The lowest BCUT2D eigenvalue weighted by Gasteiger charge is -2.12. The second-order valence-electron chi connectivity index (χ2n) is 4.47. The predicted octanol–water partition coefficient (Wildman–Crippen LogP) is 3.23. The molecule has 0 unspecified atom stereocenters. The van der Waals surface area contributed by atoms with Crippen molar-refractivity contribution in [3.05, 3.63) is 42.2 Å². The van der Waals surface area contributed by atoms with E-state index in [0.717, 1.165) is 31.0 Å². The third kappa shape index (κ3) is 3.58. The van der Waals surface area contributed by atoms with E-state index in [1.807, 2.05) is 12.3 Å². The molecule has 0 aliphatic rings. The molecule has 19 heavy (non-hydrogen) atoms. The number of methoxy groups -OCH3 is 1. The molecule has 0 aliphatic heterocycles. The molecule has 0 spiro atoms. The molecule has 0 radical (unpaired) electrons. The van der Waals surface area contributed by atoms with Gasteiger partial charge in [-0.25, -0.2) is 4.98 Å². The maximum atomic E-state index is 5.11. The van der Waals surface area contributed by atoms with E-state index in [-0.39, 0.29) is 0 Å². The zero-order chi connectivity index (χ0) is 13.5. The largest absolute Gasteiger partial charge is 0.383 e. The normalized spacial score (nSPS) is 10.6. The van der Waals surface area contributed by atoms with Gasteiger partial charge in [-0.1, -0.05) is 31.5 Å². The monoisotopic (exact) mass is 259 g/mol. The zero-order valence-corrected chi connectivity index (χ0v) is 11.6. The van der Waals surface area contributed by atoms with Gasteiger partial charge in [0.05, 0.1) is 6.61 Å². The van der Waals surface area contributed by atoms with Crippen LogP contribution in [0.3, 0.4) is 0 Å². The van der Waals surface area contributed by atoms with Crippen molar-refractivity contribution in [3.63, 3.8) is 0 Å². The highest BCUT2D eigenvalue weighted by atomic mass is 16.5. The number of nitrogens with one attached hydrogen (secondary N) is 1. The van der Waals surface area contributed by atoms with Gasteiger partial charge in [0.1, 0.15) is 0 Å². The molecule has 1 N–H and O–H groups in total. The van der Waals surface area contributed by atoms with Crippen molar-refractivity contribution in [3.8, 4) is 0 Å². The summed E-state index contributed by atoms with van der Waals surface area (Å²) >= 11 is 0. The highest BCUT2D eigenvalue weighted by molar-refractivity contribution is 5.58. The molecule has 102 valence electrons. The van der Waals surface area contributed by atoms with Gasteiger partial charge in [-0.3, -0.25) is 0 Å². The molecular formula is C15H21N3O. The maximum Gasteiger partial charge on any atom is 0.207 e. The predicted molar refractivity (Wildman–Crippen MR) is 77.8 cm³/mol. The minimum Gasteiger partial charge on any atom is -0.383 e. The summed E-state index contributed by atoms with van der Waals surface area (Å²) in [5, 5.41) is 3.41. The minimum absolute atomic E-state index is 0.682. The molecule has 0 saturated heterocycles. The average molecular weight is 259 g/mol. The van der Waals surface area contributed by atoms with Crippen molar-refractivity contribution >= 4 is 11.6 Å². The number of anilines is 2. The molecule has 0 fully saturated rings. The number of hydrogen-bond donors (Lipinski definition) is 1. The first-order valence-corrected chi connectivity index (χ1v) is 6.70. The number of aryl methyl sites for hydroxylation is 1. The Morgan fingerprint density at radius 3 is 2.95 bits per heavy atom. The van der Waals surface area contributed by atoms with E-state index in [9.17, 15) is 0 Å². The first kappa shape index (κ1) is 13.6. The van der Waals surface area contributed by atoms with E-state index < -0.39 is 0 Å². The Morgan fingerprint density at radius 2 is 2.16 bits per heavy atom. The van der Waals surface area contributed by atoms with Crippen molar-refractivity contribution in [2.75, 3.05) is 19.0 Å². The third-order valence-corrected chi connectivity index (χ3v) is 3.03. The zero-order valence-electron chi connectivity index (χ0n) is 11.6. The molecule has 0 saturated carbocycles. The van der Waals surface area contributed by atoms with E-state index in [1.54, 1.807) is 13.3 Å². The average Bonchev–Trinajstić information content (AvgIpc) is 2.86. The van der Waals surface area contributed by atoms with E-state index >= 15 is 0 Å². The van der Waals surface area contributed by atoms with Gasteiger partial charge in [-0.2, -0.15) is 0 Å². The number of imidazole rings is 1. The van der Waals surface area contributed by atoms with Crippen molar-refractivity contribution in [2.24, 2.45) is 0 Å². The molecule has 1 aromatic heterocycles. The molecule has 0 amide bonds. The van der Waals surface area contributed by atoms with Crippen LogP contribution in [-0.2, 0) is 17.7 Å². The van der Waals surface area contributed by atoms with Crippen LogP contribution in [0.25, 0.3) is 0 Å². The van der Waals surface area contributed by atoms with Crippen molar-refractivity contribution < 1.29 is 4.74 Å². The summed E-state index contributed by atoms with van der Waals surface area (Å²) in [6.45, 7) is 3.67. The minimum atomic E-state index is 0.682. The second-order valence-corrected chi connectivity index (χ2v) is 4.47. The highest BCUT2D eigenvalue weighted by Crippen LogP contribution is 2.21. The Kier molecular flexibility index (Phi) is 4.98. The molecule has 0 atom stereocenters. The van der Waals surface area contributed by atoms with Crippen LogP contribution in [0.4, 0.5) is 11.6 Å². The fourth-order valence-electron chi connectivity index (χ4n) is 2.05. The van der Waals surface area contributed by atoms with Crippen LogP contribution in [-0.4, -0.2) is 23.3 Å². The molecule has 0 aliphatic carbocycles. The summed E-state index contributed by atoms with van der Waals surface area (Å²) in [5.74, 6) is 0.862. The summed E-state index contributed by atoms with van der Waals surface area (Å²) in [6.07, 6.45) is 5.98. The van der Waals surface area contributed by atoms with Crippen molar-refractivity contribution in [1.29, 1.82) is 0 Å². The molecule has 4 nitrogen and oxygen atoms in total. The fraction of sp³-hybridized carbons (Fsp3) is 0.400. The number of benzene rings is 1. The molecular weight excluding hydrogens is 238 g/mol. The van der Waals surface area contributed by atoms with Gasteiger partial charge in [0.2, 0.25) is 5.95 Å². The van der Waals surface area contributed by atoms with Crippen LogP contribution < -0.4 is 5.32 Å². The Labute approximate surface area is 114 Å². The summed E-state index contributed by atoms with van der Waals surface area (Å²) in [6, 6.07) is 8.38. The van der Waals surface area contributed by atoms with Crippen LogP contribution in [0.1, 0.15) is 18.9 Å². The van der Waals surface area contributed by atoms with Crippen LogP contribution in [0.5, 0.6) is 0 Å². The Hall–Kier alpha value is -1.81. The van der Waals surface area contributed by atoms with Crippen molar-refractivity contribution in [1.82, 2.24) is 9.55 Å². The number of para-hydroxylation sites is 1. The number of hydrogen-bond acceptors (Lipinski definition) is 3. The fourth-order valence-corrected chi connectivity index (χ4v) is 2.05. The van der Waals surface area contributed by atoms with Gasteiger partial charge in [-0.05, 0) is 18.1 Å². The van der Waals surface area contributed by atoms with Gasteiger partial charge in [-0.15, -0.1) is 0 Å². The van der Waals surface area contributed by atoms with Crippen LogP contribution in [0.2, 0.25) is 0 Å². The lowest BCUT2D eigenvalue weighted by molar-refractivity contribution is 0.188. The molecule has 1 aromatic carbocycles. The third-order valence-electron chi connectivity index (χ3n) is 3.03. The van der Waals surface area contributed by atoms with Gasteiger partial charge in [0.15, 0.2) is 0 Å². The standard InChI is InChI=1S/C15H21N3O/c1-3-6-13-7-4-5-8-14(13)17-15-16-9-10-18(15)11-12-19-2/h4-5,7-10H,3,6,11-12H2,1-2H3,(H,16,17). The Bertz CT molecular complexity index is 508. The number of ether oxygens (including phenoxy) is 1. The first-order valence-electron chi connectivity index (χ1n) is 6.70. The topological polar surface area (TPSA) is 39.1 Å². The van der Waals surface area contributed by atoms with E-state index in [0.29, 0.717) is 6.61 Å². The number of rotatable bonds is 7. The Balaban J connectivity index is 2.14. The van der Waals surface area contributed by atoms with Gasteiger partial charge < -0.3 is 14.6 Å². The van der Waals surface area contributed by atoms with Gasteiger partial charge >= 0.3 is 0 Å². The molecule has 4 heteroatoms. The first-order chi connectivity index (χ1) is 9.35. The highest BCUT2D eigenvalue weighted by Gasteiger charge is 2.06. The summed E-state index contributed by atoms with van der Waals surface area (Å²) in [4.78, 5) is 4.36. The van der Waals surface area contributed by atoms with Gasteiger partial charge in [0, 0.05) is 31.7 Å². The van der Waals surface area contributed by atoms with E-state index in [4.69, 9.17) is 4.74 Å². The van der Waals surface area contributed by atoms with E-state index in [1.165, 1.54) is 5.56 Å². The van der Waals surface area contributed by atoms with Crippen LogP contribution in [0, 0.1) is 0 Å². The quantitative estimate of drug-likeness (QED) is 0.829. The SMILES string of the molecule is CCCc1ccccc1Nc1nccn1CCOC. The Morgan fingerprint density at radius 1 is 1.32 bits per heavy atom. The lowest BCUT2D eigenvalue weighted by Crippen LogP contribution is -2.08. The smallest absolute Gasteiger partial charge is 0.207 e. The number of aromatic nitrogens is 2. The van der Waals surface area contributed by atoms with Crippen LogP contribution in [0.15, 0.2) is 36.7 Å². The summed E-state index contributed by atoms with van der Waals surface area (Å²) < 4.78 is 7.17.